The number of unbranched alkanes of at least 4 members (excludes halogenated alkanes) is 2. The number of carbonyl (C=O) groups excluding carboxylic acids is 4. The van der Waals surface area contributed by atoms with Crippen molar-refractivity contribution in [2.24, 2.45) is 17.8 Å². The van der Waals surface area contributed by atoms with E-state index in [1.54, 1.807) is 12.1 Å². The number of halogens is 2. The van der Waals surface area contributed by atoms with Crippen molar-refractivity contribution in [2.45, 2.75) is 54.2 Å². The Bertz CT molecular complexity index is 1280. The van der Waals surface area contributed by atoms with E-state index in [1.807, 2.05) is 6.08 Å². The van der Waals surface area contributed by atoms with Crippen molar-refractivity contribution >= 4 is 52.8 Å². The lowest BCUT2D eigenvalue weighted by molar-refractivity contribution is -0.141. The van der Waals surface area contributed by atoms with Crippen LogP contribution in [-0.4, -0.2) is 73.0 Å². The van der Waals surface area contributed by atoms with E-state index in [9.17, 15) is 29.1 Å². The lowest BCUT2D eigenvalue weighted by Crippen LogP contribution is -2.60. The number of benzene rings is 1. The van der Waals surface area contributed by atoms with Gasteiger partial charge < -0.3 is 10.2 Å². The monoisotopic (exact) mass is 562 g/mol. The lowest BCUT2D eigenvalue weighted by atomic mass is 9.56. The molecule has 11 heteroatoms. The molecule has 2 heterocycles. The number of phenolic OH excluding ortho intramolecular Hbond substituents is 1. The summed E-state index contributed by atoms with van der Waals surface area (Å²) >= 11 is 14.1. The molecule has 0 spiro atoms. The maximum absolute atomic E-state index is 13.7. The Kier molecular flexibility index (Phi) is 6.59. The maximum Gasteiger partial charge on any atom is 0.303 e. The van der Waals surface area contributed by atoms with E-state index in [0.717, 1.165) is 4.90 Å². The molecule has 3 fully saturated rings. The van der Waals surface area contributed by atoms with E-state index in [4.69, 9.17) is 28.3 Å². The fraction of sp³-hybridized carbons (Fsp3) is 0.519. The first-order chi connectivity index (χ1) is 17.9. The molecule has 2 aliphatic heterocycles. The predicted molar refractivity (Wildman–Crippen MR) is 136 cm³/mol. The smallest absolute Gasteiger partial charge is 0.303 e. The van der Waals surface area contributed by atoms with Crippen LogP contribution in [0.25, 0.3) is 0 Å². The summed E-state index contributed by atoms with van der Waals surface area (Å²) in [5.41, 5.74) is 1.16. The first-order valence-electron chi connectivity index (χ1n) is 12.7. The number of hydrogen-bond donors (Lipinski definition) is 2. The number of hydrogen-bond acceptors (Lipinski definition) is 6. The molecule has 2 N–H and O–H groups in total. The summed E-state index contributed by atoms with van der Waals surface area (Å²) in [5.74, 6) is -5.77. The lowest BCUT2D eigenvalue weighted by Gasteiger charge is -2.50. The Morgan fingerprint density at radius 2 is 1.79 bits per heavy atom. The summed E-state index contributed by atoms with van der Waals surface area (Å²) in [6.07, 6.45) is 3.56. The fourth-order valence-corrected chi connectivity index (χ4v) is 7.85. The van der Waals surface area contributed by atoms with Crippen molar-refractivity contribution < 1.29 is 34.2 Å². The third-order valence-corrected chi connectivity index (χ3v) is 9.99. The van der Waals surface area contributed by atoms with E-state index >= 15 is 0 Å². The molecule has 4 aliphatic rings. The molecule has 202 valence electrons. The number of amides is 4. The number of carbonyl (C=O) groups is 5. The summed E-state index contributed by atoms with van der Waals surface area (Å²) < 4.78 is 0. The highest BCUT2D eigenvalue weighted by Gasteiger charge is 2.75. The van der Waals surface area contributed by atoms with Crippen LogP contribution in [0, 0.1) is 17.8 Å². The zero-order valence-corrected chi connectivity index (χ0v) is 22.2. The van der Waals surface area contributed by atoms with Crippen LogP contribution in [0.2, 0.25) is 0 Å². The topological polar surface area (TPSA) is 132 Å². The molecular weight excluding hydrogens is 535 g/mol. The number of nitrogens with zero attached hydrogens (tertiary/aromatic N) is 2. The van der Waals surface area contributed by atoms with Gasteiger partial charge in [-0.1, -0.05) is 30.2 Å². The molecule has 38 heavy (non-hydrogen) atoms. The standard InChI is InChI=1S/C27H28Cl2N2O7/c1-30-24(37)26(28)13-18-16(21(27(26,29)25(30)38)14-6-5-7-15(32)12-14)9-10-17-20(18)23(36)31(22(17)35)11-4-2-3-8-19(33)34/h5-7,9,12,17-18,20-21,32H,2-4,8,10-11,13H2,1H3,(H,33,34). The number of rotatable bonds is 7. The molecule has 2 aliphatic carbocycles. The third-order valence-electron chi connectivity index (χ3n) is 8.58. The summed E-state index contributed by atoms with van der Waals surface area (Å²) in [4.78, 5) is 63.0. The highest BCUT2D eigenvalue weighted by Crippen LogP contribution is 2.65. The second kappa shape index (κ2) is 9.38. The molecule has 6 unspecified atom stereocenters. The van der Waals surface area contributed by atoms with E-state index < -0.39 is 51.2 Å². The van der Waals surface area contributed by atoms with Crippen LogP contribution < -0.4 is 0 Å². The van der Waals surface area contributed by atoms with Crippen LogP contribution in [0.5, 0.6) is 5.75 Å². The van der Waals surface area contributed by atoms with Crippen LogP contribution in [-0.2, 0) is 24.0 Å². The summed E-state index contributed by atoms with van der Waals surface area (Å²) in [6.45, 7) is 0.188. The van der Waals surface area contributed by atoms with Crippen molar-refractivity contribution in [1.29, 1.82) is 0 Å². The first-order valence-corrected chi connectivity index (χ1v) is 13.5. The predicted octanol–water partition coefficient (Wildman–Crippen LogP) is 3.03. The molecule has 0 radical (unpaired) electrons. The third kappa shape index (κ3) is 3.69. The molecule has 1 aromatic carbocycles. The SMILES string of the molecule is CN1C(=O)C2(Cl)CC3C(=CCC4C(=O)N(CCCCCC(=O)O)C(=O)C43)C(c3cccc(O)c3)C2(Cl)C1=O. The largest absolute Gasteiger partial charge is 0.508 e. The summed E-state index contributed by atoms with van der Waals surface area (Å²) in [7, 11) is 1.33. The highest BCUT2D eigenvalue weighted by atomic mass is 35.5. The van der Waals surface area contributed by atoms with Gasteiger partial charge in [0.15, 0.2) is 9.75 Å². The number of aromatic hydroxyl groups is 1. The van der Waals surface area contributed by atoms with Gasteiger partial charge >= 0.3 is 5.97 Å². The van der Waals surface area contributed by atoms with E-state index in [1.165, 1.54) is 24.1 Å². The number of carboxylic acid groups (broad SMARTS) is 1. The van der Waals surface area contributed by atoms with Crippen LogP contribution >= 0.6 is 23.2 Å². The van der Waals surface area contributed by atoms with Gasteiger partial charge in [-0.3, -0.25) is 33.8 Å². The van der Waals surface area contributed by atoms with Crippen LogP contribution in [0.4, 0.5) is 0 Å². The minimum atomic E-state index is -1.88. The first kappa shape index (κ1) is 26.7. The van der Waals surface area contributed by atoms with Crippen molar-refractivity contribution in [3.8, 4) is 5.75 Å². The number of phenols is 1. The average molecular weight is 563 g/mol. The Morgan fingerprint density at radius 1 is 1.05 bits per heavy atom. The van der Waals surface area contributed by atoms with Gasteiger partial charge in [0, 0.05) is 25.9 Å². The van der Waals surface area contributed by atoms with Crippen LogP contribution in [0.1, 0.15) is 50.0 Å². The number of allylic oxidation sites excluding steroid dienone is 2. The number of fused-ring (bicyclic) bond motifs is 4. The zero-order chi connectivity index (χ0) is 27.6. The van der Waals surface area contributed by atoms with Crippen molar-refractivity contribution in [1.82, 2.24) is 9.80 Å². The Morgan fingerprint density at radius 3 is 2.47 bits per heavy atom. The van der Waals surface area contributed by atoms with Gasteiger partial charge in [0.1, 0.15) is 5.75 Å². The van der Waals surface area contributed by atoms with Crippen LogP contribution in [0.15, 0.2) is 35.9 Å². The summed E-state index contributed by atoms with van der Waals surface area (Å²) in [5, 5.41) is 19.0. The summed E-state index contributed by atoms with van der Waals surface area (Å²) in [6, 6.07) is 6.26. The van der Waals surface area contributed by atoms with Gasteiger partial charge in [-0.2, -0.15) is 0 Å². The normalized spacial score (nSPS) is 34.2. The van der Waals surface area contributed by atoms with Crippen LogP contribution in [0.3, 0.4) is 0 Å². The molecule has 4 amide bonds. The van der Waals surface area contributed by atoms with Crippen molar-refractivity contribution in [3.05, 3.63) is 41.5 Å². The second-order valence-corrected chi connectivity index (χ2v) is 11.9. The Balaban J connectivity index is 1.52. The van der Waals surface area contributed by atoms with Gasteiger partial charge in [0.2, 0.25) is 11.8 Å². The number of carboxylic acids is 1. The second-order valence-electron chi connectivity index (χ2n) is 10.6. The van der Waals surface area contributed by atoms with Gasteiger partial charge in [0.25, 0.3) is 11.8 Å². The molecular formula is C27H28Cl2N2O7. The van der Waals surface area contributed by atoms with Gasteiger partial charge in [-0.25, -0.2) is 0 Å². The maximum atomic E-state index is 13.7. The fourth-order valence-electron chi connectivity index (χ4n) is 6.83. The molecule has 6 atom stereocenters. The number of likely N-dealkylation sites (tertiary alicyclic amines) is 2. The minimum absolute atomic E-state index is 0.0259. The quantitative estimate of drug-likeness (QED) is 0.226. The number of imide groups is 2. The molecule has 2 saturated heterocycles. The number of alkyl halides is 2. The number of aliphatic carboxylic acids is 1. The van der Waals surface area contributed by atoms with Crippen molar-refractivity contribution in [2.75, 3.05) is 13.6 Å². The van der Waals surface area contributed by atoms with Gasteiger partial charge in [-0.05, 0) is 49.3 Å². The minimum Gasteiger partial charge on any atom is -0.508 e. The van der Waals surface area contributed by atoms with Gasteiger partial charge in [-0.15, -0.1) is 23.2 Å². The molecule has 0 aromatic heterocycles. The average Bonchev–Trinajstić information content (AvgIpc) is 3.18. The molecule has 5 rings (SSSR count). The Labute approximate surface area is 229 Å². The van der Waals surface area contributed by atoms with E-state index in [0.29, 0.717) is 30.4 Å². The van der Waals surface area contributed by atoms with E-state index in [-0.39, 0.29) is 43.4 Å². The zero-order valence-electron chi connectivity index (χ0n) is 20.7. The van der Waals surface area contributed by atoms with E-state index in [2.05, 4.69) is 0 Å². The molecule has 0 bridgehead atoms. The molecule has 9 nitrogen and oxygen atoms in total. The highest BCUT2D eigenvalue weighted by molar-refractivity contribution is 6.53. The Hall–Kier alpha value is -2.91. The van der Waals surface area contributed by atoms with Crippen molar-refractivity contribution in [3.63, 3.8) is 0 Å². The molecule has 1 saturated carbocycles. The van der Waals surface area contributed by atoms with Gasteiger partial charge in [0.05, 0.1) is 11.8 Å². The molecule has 1 aromatic rings.